The summed E-state index contributed by atoms with van der Waals surface area (Å²) in [6.45, 7) is 2.78. The van der Waals surface area contributed by atoms with Crippen molar-refractivity contribution < 1.29 is 0 Å². The van der Waals surface area contributed by atoms with Gasteiger partial charge in [0.15, 0.2) is 5.96 Å². The van der Waals surface area contributed by atoms with E-state index in [1.54, 1.807) is 6.20 Å². The molecule has 0 amide bonds. The Morgan fingerprint density at radius 3 is 2.89 bits per heavy atom. The van der Waals surface area contributed by atoms with E-state index in [-0.39, 0.29) is 24.0 Å². The number of thioether (sulfide) groups is 1. The molecule has 1 aliphatic heterocycles. The van der Waals surface area contributed by atoms with Gasteiger partial charge in [0.1, 0.15) is 0 Å². The van der Waals surface area contributed by atoms with Crippen molar-refractivity contribution in [3.8, 4) is 0 Å². The number of hydrogen-bond donors (Lipinski definition) is 1. The molecule has 2 rings (SSSR count). The summed E-state index contributed by atoms with van der Waals surface area (Å²) in [5.74, 6) is 2.99. The summed E-state index contributed by atoms with van der Waals surface area (Å²) >= 11 is 1.98. The Morgan fingerprint density at radius 2 is 2.22 bits per heavy atom. The Balaban J connectivity index is 0.00000162. The van der Waals surface area contributed by atoms with Gasteiger partial charge < -0.3 is 10.6 Å². The first kappa shape index (κ1) is 15.6. The minimum absolute atomic E-state index is 0. The highest BCUT2D eigenvalue weighted by Gasteiger charge is 2.11. The first-order chi connectivity index (χ1) is 8.36. The molecule has 1 aromatic heterocycles. The molecule has 1 fully saturated rings. The molecular formula is C12H19IN4S. The molecule has 6 heteroatoms. The van der Waals surface area contributed by atoms with Crippen LogP contribution in [0.2, 0.25) is 0 Å². The summed E-state index contributed by atoms with van der Waals surface area (Å²) in [6.07, 6.45) is 4.56. The van der Waals surface area contributed by atoms with Crippen LogP contribution in [0, 0.1) is 0 Å². The van der Waals surface area contributed by atoms with Gasteiger partial charge in [0.2, 0.25) is 0 Å². The first-order valence-corrected chi connectivity index (χ1v) is 7.03. The number of halogens is 1. The predicted molar refractivity (Wildman–Crippen MR) is 88.7 cm³/mol. The van der Waals surface area contributed by atoms with E-state index in [4.69, 9.17) is 5.73 Å². The first-order valence-electron chi connectivity index (χ1n) is 5.88. The van der Waals surface area contributed by atoms with Crippen LogP contribution in [0.3, 0.4) is 0 Å². The third-order valence-corrected chi connectivity index (χ3v) is 3.67. The van der Waals surface area contributed by atoms with Crippen LogP contribution < -0.4 is 5.73 Å². The van der Waals surface area contributed by atoms with Gasteiger partial charge in [-0.15, -0.1) is 24.0 Å². The van der Waals surface area contributed by atoms with Crippen LogP contribution in [0.4, 0.5) is 0 Å². The van der Waals surface area contributed by atoms with Crippen LogP contribution in [0.15, 0.2) is 29.5 Å². The van der Waals surface area contributed by atoms with Gasteiger partial charge in [-0.3, -0.25) is 9.98 Å². The summed E-state index contributed by atoms with van der Waals surface area (Å²) in [4.78, 5) is 10.7. The molecule has 4 nitrogen and oxygen atoms in total. The molecule has 1 aromatic rings. The Morgan fingerprint density at radius 1 is 1.44 bits per heavy atom. The molecule has 2 heterocycles. The summed E-state index contributed by atoms with van der Waals surface area (Å²) in [5.41, 5.74) is 7.17. The maximum Gasteiger partial charge on any atom is 0.191 e. The average Bonchev–Trinajstić information content (AvgIpc) is 2.41. The van der Waals surface area contributed by atoms with Crippen molar-refractivity contribution in [3.05, 3.63) is 30.1 Å². The zero-order valence-electron chi connectivity index (χ0n) is 10.3. The van der Waals surface area contributed by atoms with E-state index in [0.717, 1.165) is 37.6 Å². The van der Waals surface area contributed by atoms with Crippen molar-refractivity contribution in [1.29, 1.82) is 0 Å². The lowest BCUT2D eigenvalue weighted by molar-refractivity contribution is 0.456. The number of guanidine groups is 1. The Hall–Kier alpha value is -0.500. The molecule has 0 atom stereocenters. The summed E-state index contributed by atoms with van der Waals surface area (Å²) in [6, 6.07) is 4.01. The van der Waals surface area contributed by atoms with Crippen molar-refractivity contribution in [3.63, 3.8) is 0 Å². The highest BCUT2D eigenvalue weighted by molar-refractivity contribution is 14.0. The summed E-state index contributed by atoms with van der Waals surface area (Å²) in [7, 11) is 0. The van der Waals surface area contributed by atoms with Gasteiger partial charge in [0, 0.05) is 43.5 Å². The van der Waals surface area contributed by atoms with Crippen molar-refractivity contribution in [2.45, 2.75) is 6.42 Å². The number of pyridine rings is 1. The third kappa shape index (κ3) is 5.01. The van der Waals surface area contributed by atoms with Gasteiger partial charge in [0.25, 0.3) is 0 Å². The zero-order valence-corrected chi connectivity index (χ0v) is 13.4. The van der Waals surface area contributed by atoms with Gasteiger partial charge in [-0.1, -0.05) is 6.07 Å². The molecule has 1 aliphatic rings. The minimum atomic E-state index is 0. The number of nitrogens with two attached hydrogens (primary N) is 1. The Labute approximate surface area is 129 Å². The van der Waals surface area contributed by atoms with Gasteiger partial charge in [-0.05, 0) is 18.1 Å². The fourth-order valence-corrected chi connectivity index (χ4v) is 2.64. The molecule has 0 saturated carbocycles. The van der Waals surface area contributed by atoms with Crippen molar-refractivity contribution in [1.82, 2.24) is 9.88 Å². The van der Waals surface area contributed by atoms with E-state index in [9.17, 15) is 0 Å². The van der Waals surface area contributed by atoms with Crippen molar-refractivity contribution in [2.24, 2.45) is 10.7 Å². The van der Waals surface area contributed by atoms with E-state index in [2.05, 4.69) is 20.9 Å². The van der Waals surface area contributed by atoms with E-state index in [0.29, 0.717) is 5.96 Å². The minimum Gasteiger partial charge on any atom is -0.370 e. The van der Waals surface area contributed by atoms with Crippen LogP contribution in [0.5, 0.6) is 0 Å². The number of rotatable bonds is 3. The quantitative estimate of drug-likeness (QED) is 0.493. The van der Waals surface area contributed by atoms with Crippen LogP contribution in [0.1, 0.15) is 5.56 Å². The third-order valence-electron chi connectivity index (χ3n) is 2.73. The number of hydrogen-bond acceptors (Lipinski definition) is 3. The van der Waals surface area contributed by atoms with E-state index in [1.807, 2.05) is 24.0 Å². The van der Waals surface area contributed by atoms with E-state index < -0.39 is 0 Å². The lowest BCUT2D eigenvalue weighted by atomic mass is 10.2. The molecule has 100 valence electrons. The summed E-state index contributed by atoms with van der Waals surface area (Å²) < 4.78 is 0. The highest BCUT2D eigenvalue weighted by Crippen LogP contribution is 2.08. The van der Waals surface area contributed by atoms with Crippen molar-refractivity contribution in [2.75, 3.05) is 31.1 Å². The van der Waals surface area contributed by atoms with Crippen molar-refractivity contribution >= 4 is 41.7 Å². The summed E-state index contributed by atoms with van der Waals surface area (Å²) in [5, 5.41) is 0. The lowest BCUT2D eigenvalue weighted by Gasteiger charge is -2.27. The normalized spacial score (nSPS) is 16.2. The second kappa shape index (κ2) is 8.58. The molecule has 18 heavy (non-hydrogen) atoms. The van der Waals surface area contributed by atoms with Gasteiger partial charge in [-0.2, -0.15) is 11.8 Å². The Bertz CT molecular complexity index is 366. The van der Waals surface area contributed by atoms with Gasteiger partial charge in [0.05, 0.1) is 0 Å². The van der Waals surface area contributed by atoms with Crippen LogP contribution in [-0.4, -0.2) is 47.0 Å². The second-order valence-corrected chi connectivity index (χ2v) is 5.18. The predicted octanol–water partition coefficient (Wildman–Crippen LogP) is 1.61. The fraction of sp³-hybridized carbons (Fsp3) is 0.500. The van der Waals surface area contributed by atoms with Gasteiger partial charge in [-0.25, -0.2) is 0 Å². The highest BCUT2D eigenvalue weighted by atomic mass is 127. The Kier molecular flexibility index (Phi) is 7.41. The number of aliphatic imine (C=N–C) groups is 1. The molecule has 0 spiro atoms. The molecular weight excluding hydrogens is 359 g/mol. The second-order valence-electron chi connectivity index (χ2n) is 3.95. The molecule has 1 saturated heterocycles. The van der Waals surface area contributed by atoms with Crippen LogP contribution in [0.25, 0.3) is 0 Å². The smallest absolute Gasteiger partial charge is 0.191 e. The molecule has 0 bridgehead atoms. The maximum atomic E-state index is 5.96. The number of aromatic nitrogens is 1. The maximum absolute atomic E-state index is 5.96. The molecule has 0 radical (unpaired) electrons. The van der Waals surface area contributed by atoms with Gasteiger partial charge >= 0.3 is 0 Å². The van der Waals surface area contributed by atoms with E-state index >= 15 is 0 Å². The SMILES string of the molecule is I.NC(=NCCc1cccnc1)N1CCSCC1. The van der Waals surface area contributed by atoms with E-state index in [1.165, 1.54) is 5.56 Å². The topological polar surface area (TPSA) is 54.5 Å². The number of nitrogens with zero attached hydrogens (tertiary/aromatic N) is 3. The molecule has 0 unspecified atom stereocenters. The fourth-order valence-electron chi connectivity index (χ4n) is 1.74. The molecule has 0 aromatic carbocycles. The van der Waals surface area contributed by atoms with Crippen LogP contribution in [-0.2, 0) is 6.42 Å². The average molecular weight is 378 g/mol. The molecule has 2 N–H and O–H groups in total. The molecule has 0 aliphatic carbocycles. The largest absolute Gasteiger partial charge is 0.370 e. The zero-order chi connectivity index (χ0) is 11.9. The van der Waals surface area contributed by atoms with Crippen LogP contribution >= 0.6 is 35.7 Å². The lowest BCUT2D eigenvalue weighted by Crippen LogP contribution is -2.42. The monoisotopic (exact) mass is 378 g/mol. The standard InChI is InChI=1S/C12H18N4S.HI/c13-12(16-6-8-17-9-7-16)15-5-3-11-2-1-4-14-10-11;/h1-2,4,10H,3,5-9H2,(H2,13,15);1H.